The summed E-state index contributed by atoms with van der Waals surface area (Å²) in [7, 11) is 3.16. The third-order valence-corrected chi connectivity index (χ3v) is 11.5. The van der Waals surface area contributed by atoms with Crippen molar-refractivity contribution in [3.05, 3.63) is 53.7 Å². The predicted molar refractivity (Wildman–Crippen MR) is 197 cm³/mol. The molecule has 1 heterocycles. The molecule has 4 saturated carbocycles. The number of carbonyl (C=O) groups excluding carboxylic acids is 2. The fourth-order valence-electron chi connectivity index (χ4n) is 9.24. The molecular formula is C40H53N5O6. The molecule has 4 aliphatic carbocycles. The number of aromatic nitrogens is 2. The van der Waals surface area contributed by atoms with Crippen LogP contribution in [-0.2, 0) is 16.0 Å². The van der Waals surface area contributed by atoms with Gasteiger partial charge in [0.05, 0.1) is 31.2 Å². The number of hydrogen-bond acceptors (Lipinski definition) is 7. The highest BCUT2D eigenvalue weighted by molar-refractivity contribution is 5.98. The molecule has 1 aromatic heterocycles. The quantitative estimate of drug-likeness (QED) is 0.165. The van der Waals surface area contributed by atoms with Crippen molar-refractivity contribution in [2.45, 2.75) is 78.2 Å². The smallest absolute Gasteiger partial charge is 0.330 e. The summed E-state index contributed by atoms with van der Waals surface area (Å²) in [6, 6.07) is 12.9. The van der Waals surface area contributed by atoms with Crippen molar-refractivity contribution in [1.82, 2.24) is 20.0 Å². The van der Waals surface area contributed by atoms with E-state index >= 15 is 0 Å². The Hall–Kier alpha value is -4.38. The highest BCUT2D eigenvalue weighted by Crippen LogP contribution is 2.58. The van der Waals surface area contributed by atoms with Crippen molar-refractivity contribution in [3.63, 3.8) is 0 Å². The Morgan fingerprint density at radius 2 is 1.59 bits per heavy atom. The topological polar surface area (TPSA) is 135 Å². The van der Waals surface area contributed by atoms with Crippen molar-refractivity contribution < 1.29 is 29.0 Å². The van der Waals surface area contributed by atoms with E-state index in [1.807, 2.05) is 36.4 Å². The normalized spacial score (nSPS) is 23.5. The van der Waals surface area contributed by atoms with Gasteiger partial charge in [0.1, 0.15) is 17.0 Å². The van der Waals surface area contributed by atoms with Gasteiger partial charge in [0.25, 0.3) is 5.91 Å². The molecule has 0 saturated heterocycles. The summed E-state index contributed by atoms with van der Waals surface area (Å²) in [6.07, 6.45) is 5.55. The molecule has 4 bridgehead atoms. The minimum Gasteiger partial charge on any atom is -0.496 e. The summed E-state index contributed by atoms with van der Waals surface area (Å²) in [4.78, 5) is 42.6. The first-order valence-corrected chi connectivity index (χ1v) is 18.5. The van der Waals surface area contributed by atoms with E-state index < -0.39 is 17.4 Å². The van der Waals surface area contributed by atoms with Crippen molar-refractivity contribution in [2.24, 2.45) is 29.6 Å². The van der Waals surface area contributed by atoms with Gasteiger partial charge in [-0.05, 0) is 123 Å². The van der Waals surface area contributed by atoms with Crippen LogP contribution in [0.5, 0.6) is 11.5 Å². The van der Waals surface area contributed by atoms with Gasteiger partial charge in [0.15, 0.2) is 5.69 Å². The lowest BCUT2D eigenvalue weighted by Gasteiger charge is -2.59. The Morgan fingerprint density at radius 3 is 2.14 bits per heavy atom. The summed E-state index contributed by atoms with van der Waals surface area (Å²) in [5, 5.41) is 21.8. The minimum atomic E-state index is -1.31. The number of carboxylic acid groups (broad SMARTS) is 1. The second-order valence-electron chi connectivity index (χ2n) is 15.1. The fourth-order valence-corrected chi connectivity index (χ4v) is 9.24. The first-order chi connectivity index (χ1) is 24.5. The standard InChI is InChI=1S/C40H53N5O6/c1-7-44(8-2)15-14-36(46)41-30-12-13-32(27(22-30)16-24(3)4)45-33(37-34(50-5)10-9-11-35(37)51-6)23-31(43-45)38(47)42-40(39(48)49)28-18-25-17-26(20-28)21-29(40)19-25/h9-13,22-26,28-29H,7-8,14-21H2,1-6H3,(H,41,46)(H,42,47)(H,48,49). The third kappa shape index (κ3) is 7.09. The number of methoxy groups -OCH3 is 2. The number of aliphatic carboxylic acids is 1. The van der Waals surface area contributed by atoms with Gasteiger partial charge < -0.3 is 30.1 Å². The van der Waals surface area contributed by atoms with Crippen LogP contribution in [-0.4, -0.2) is 77.0 Å². The van der Waals surface area contributed by atoms with Crippen LogP contribution in [0, 0.1) is 29.6 Å². The molecule has 4 fully saturated rings. The SMILES string of the molecule is CCN(CC)CCC(=O)Nc1ccc(-n2nc(C(=O)NC3(C(=O)O)C4CC5CC(C4)CC3C5)cc2-c2c(OC)cccc2OC)c(CC(C)C)c1. The first kappa shape index (κ1) is 36.4. The number of benzene rings is 2. The van der Waals surface area contributed by atoms with E-state index in [2.05, 4.69) is 43.2 Å². The zero-order valence-electron chi connectivity index (χ0n) is 30.8. The fraction of sp³-hybridized carbons (Fsp3) is 0.550. The number of anilines is 1. The van der Waals surface area contributed by atoms with Crippen LogP contribution < -0.4 is 20.1 Å². The summed E-state index contributed by atoms with van der Waals surface area (Å²) in [6.45, 7) is 10.9. The van der Waals surface area contributed by atoms with Crippen LogP contribution in [0.25, 0.3) is 16.9 Å². The van der Waals surface area contributed by atoms with Crippen molar-refractivity contribution in [1.29, 1.82) is 0 Å². The molecule has 0 spiro atoms. The Balaban J connectivity index is 1.41. The Morgan fingerprint density at radius 1 is 0.961 bits per heavy atom. The monoisotopic (exact) mass is 699 g/mol. The molecule has 7 rings (SSSR count). The summed E-state index contributed by atoms with van der Waals surface area (Å²) in [5.74, 6) is 0.696. The lowest BCUT2D eigenvalue weighted by molar-refractivity contribution is -0.163. The van der Waals surface area contributed by atoms with Gasteiger partial charge in [-0.25, -0.2) is 9.48 Å². The Bertz CT molecular complexity index is 1710. The number of nitrogens with zero attached hydrogens (tertiary/aromatic N) is 3. The third-order valence-electron chi connectivity index (χ3n) is 11.5. The minimum absolute atomic E-state index is 0.0558. The number of carboxylic acids is 1. The zero-order valence-corrected chi connectivity index (χ0v) is 30.8. The molecule has 0 unspecified atom stereocenters. The summed E-state index contributed by atoms with van der Waals surface area (Å²) < 4.78 is 13.3. The van der Waals surface area contributed by atoms with E-state index in [0.717, 1.165) is 50.0 Å². The molecule has 274 valence electrons. The molecule has 3 aromatic rings. The first-order valence-electron chi connectivity index (χ1n) is 18.5. The maximum Gasteiger partial charge on any atom is 0.330 e. The summed E-state index contributed by atoms with van der Waals surface area (Å²) in [5.41, 5.74) is 2.31. The van der Waals surface area contributed by atoms with E-state index in [1.54, 1.807) is 25.0 Å². The van der Waals surface area contributed by atoms with E-state index in [-0.39, 0.29) is 29.4 Å². The van der Waals surface area contributed by atoms with E-state index in [9.17, 15) is 19.5 Å². The number of hydrogen-bond donors (Lipinski definition) is 3. The summed E-state index contributed by atoms with van der Waals surface area (Å²) >= 11 is 0. The lowest BCUT2D eigenvalue weighted by atomic mass is 9.48. The van der Waals surface area contributed by atoms with E-state index in [1.165, 1.54) is 6.42 Å². The van der Waals surface area contributed by atoms with E-state index in [4.69, 9.17) is 14.6 Å². The van der Waals surface area contributed by atoms with Crippen molar-refractivity contribution >= 4 is 23.5 Å². The molecule has 2 aromatic carbocycles. The molecule has 0 radical (unpaired) electrons. The van der Waals surface area contributed by atoms with Crippen molar-refractivity contribution in [2.75, 3.05) is 39.2 Å². The molecule has 11 nitrogen and oxygen atoms in total. The average Bonchev–Trinajstić information content (AvgIpc) is 3.54. The average molecular weight is 700 g/mol. The van der Waals surface area contributed by atoms with Crippen molar-refractivity contribution in [3.8, 4) is 28.4 Å². The van der Waals surface area contributed by atoms with E-state index in [0.29, 0.717) is 59.7 Å². The Labute approximate surface area is 301 Å². The predicted octanol–water partition coefficient (Wildman–Crippen LogP) is 6.43. The Kier molecular flexibility index (Phi) is 10.8. The number of nitrogens with one attached hydrogen (secondary N) is 2. The number of ether oxygens (including phenoxy) is 2. The highest BCUT2D eigenvalue weighted by Gasteiger charge is 2.62. The maximum atomic E-state index is 14.3. The van der Waals surface area contributed by atoms with Gasteiger partial charge in [0.2, 0.25) is 5.91 Å². The van der Waals surface area contributed by atoms with Crippen LogP contribution in [0.1, 0.15) is 82.3 Å². The van der Waals surface area contributed by atoms with Crippen LogP contribution in [0.15, 0.2) is 42.5 Å². The van der Waals surface area contributed by atoms with Crippen LogP contribution in [0.3, 0.4) is 0 Å². The van der Waals surface area contributed by atoms with Crippen LogP contribution in [0.4, 0.5) is 5.69 Å². The zero-order chi connectivity index (χ0) is 36.4. The van der Waals surface area contributed by atoms with Gasteiger partial charge in [-0.1, -0.05) is 33.8 Å². The molecule has 51 heavy (non-hydrogen) atoms. The number of rotatable bonds is 15. The maximum absolute atomic E-state index is 14.3. The van der Waals surface area contributed by atoms with Gasteiger partial charge >= 0.3 is 5.97 Å². The molecule has 4 aliphatic rings. The van der Waals surface area contributed by atoms with Crippen LogP contribution >= 0.6 is 0 Å². The number of amides is 2. The second-order valence-corrected chi connectivity index (χ2v) is 15.1. The lowest BCUT2D eigenvalue weighted by Crippen LogP contribution is -2.70. The van der Waals surface area contributed by atoms with Gasteiger partial charge in [-0.15, -0.1) is 0 Å². The molecular weight excluding hydrogens is 646 g/mol. The largest absolute Gasteiger partial charge is 0.496 e. The van der Waals surface area contributed by atoms with Gasteiger partial charge in [-0.2, -0.15) is 5.10 Å². The van der Waals surface area contributed by atoms with Crippen LogP contribution in [0.2, 0.25) is 0 Å². The number of carbonyl (C=O) groups is 3. The second kappa shape index (κ2) is 15.1. The molecule has 0 aliphatic heterocycles. The highest BCUT2D eigenvalue weighted by atomic mass is 16.5. The molecule has 0 atom stereocenters. The molecule has 11 heteroatoms. The van der Waals surface area contributed by atoms with Gasteiger partial charge in [0, 0.05) is 18.7 Å². The molecule has 2 amide bonds. The molecule has 3 N–H and O–H groups in total. The van der Waals surface area contributed by atoms with Gasteiger partial charge in [-0.3, -0.25) is 9.59 Å².